The van der Waals surface area contributed by atoms with Gasteiger partial charge in [0.05, 0.1) is 0 Å². The predicted molar refractivity (Wildman–Crippen MR) is 96.3 cm³/mol. The fraction of sp³-hybridized carbons (Fsp3) is 0.0588. The van der Waals surface area contributed by atoms with Crippen LogP contribution in [0, 0.1) is 18.3 Å². The van der Waals surface area contributed by atoms with Gasteiger partial charge in [0, 0.05) is 27.1 Å². The lowest BCUT2D eigenvalue weighted by Gasteiger charge is -2.06. The maximum Gasteiger partial charge on any atom is 0.267 e. The fourth-order valence-electron chi connectivity index (χ4n) is 1.72. The Bertz CT molecular complexity index is 794. The largest absolute Gasteiger partial charge is 0.360 e. The molecule has 2 aromatic rings. The molecule has 0 radical (unpaired) electrons. The number of carbonyl (C=O) groups excluding carboxylic acids is 1. The van der Waals surface area contributed by atoms with Crippen LogP contribution in [0.4, 0.5) is 11.4 Å². The molecule has 4 nitrogen and oxygen atoms in total. The lowest BCUT2D eigenvalue weighted by molar-refractivity contribution is -0.112. The minimum absolute atomic E-state index is 0.0374. The summed E-state index contributed by atoms with van der Waals surface area (Å²) in [5, 5.41) is 15.3. The predicted octanol–water partition coefficient (Wildman–Crippen LogP) is 4.87. The van der Waals surface area contributed by atoms with Gasteiger partial charge in [-0.1, -0.05) is 33.6 Å². The third-order valence-corrected chi connectivity index (χ3v) is 3.96. The van der Waals surface area contributed by atoms with Gasteiger partial charge in [0.1, 0.15) is 11.6 Å². The van der Waals surface area contributed by atoms with E-state index in [1.165, 1.54) is 6.20 Å². The Morgan fingerprint density at radius 2 is 1.87 bits per heavy atom. The molecule has 0 aliphatic rings. The average molecular weight is 391 g/mol. The monoisotopic (exact) mass is 389 g/mol. The summed E-state index contributed by atoms with van der Waals surface area (Å²) in [7, 11) is 0. The molecule has 23 heavy (non-hydrogen) atoms. The van der Waals surface area contributed by atoms with Crippen LogP contribution < -0.4 is 10.6 Å². The van der Waals surface area contributed by atoms with E-state index in [4.69, 9.17) is 16.9 Å². The number of nitrogens with one attached hydrogen (secondary N) is 2. The summed E-state index contributed by atoms with van der Waals surface area (Å²) in [6.07, 6.45) is 1.36. The number of hydrogen-bond donors (Lipinski definition) is 2. The molecule has 6 heteroatoms. The molecule has 0 saturated carbocycles. The van der Waals surface area contributed by atoms with E-state index >= 15 is 0 Å². The Morgan fingerprint density at radius 1 is 1.22 bits per heavy atom. The van der Waals surface area contributed by atoms with Crippen LogP contribution in [0.5, 0.6) is 0 Å². The van der Waals surface area contributed by atoms with Crippen molar-refractivity contribution in [2.75, 3.05) is 10.6 Å². The number of carbonyl (C=O) groups is 1. The lowest BCUT2D eigenvalue weighted by atomic mass is 10.2. The van der Waals surface area contributed by atoms with Gasteiger partial charge in [-0.2, -0.15) is 5.26 Å². The van der Waals surface area contributed by atoms with Crippen molar-refractivity contribution in [3.8, 4) is 6.07 Å². The number of benzene rings is 2. The second-order valence-electron chi connectivity index (χ2n) is 4.74. The number of anilines is 2. The first kappa shape index (κ1) is 17.1. The third kappa shape index (κ3) is 4.85. The Kier molecular flexibility index (Phi) is 5.80. The molecule has 2 N–H and O–H groups in total. The van der Waals surface area contributed by atoms with Crippen LogP contribution in [-0.2, 0) is 4.79 Å². The SMILES string of the molecule is Cc1ccc(N/C=C(/C#N)C(=O)Nc2ccc(Br)cc2)cc1Cl. The molecule has 116 valence electrons. The van der Waals surface area contributed by atoms with E-state index in [0.29, 0.717) is 16.4 Å². The highest BCUT2D eigenvalue weighted by Gasteiger charge is 2.09. The Balaban J connectivity index is 2.08. The summed E-state index contributed by atoms with van der Waals surface area (Å²) in [4.78, 5) is 12.1. The molecule has 0 saturated heterocycles. The number of nitrogens with zero attached hydrogens (tertiary/aromatic N) is 1. The van der Waals surface area contributed by atoms with Crippen molar-refractivity contribution >= 4 is 44.8 Å². The highest BCUT2D eigenvalue weighted by atomic mass is 79.9. The fourth-order valence-corrected chi connectivity index (χ4v) is 2.16. The normalized spacial score (nSPS) is 10.8. The van der Waals surface area contributed by atoms with E-state index in [1.54, 1.807) is 30.3 Å². The molecular formula is C17H13BrClN3O. The lowest BCUT2D eigenvalue weighted by Crippen LogP contribution is -2.14. The molecule has 0 heterocycles. The zero-order valence-corrected chi connectivity index (χ0v) is 14.6. The van der Waals surface area contributed by atoms with Crippen LogP contribution in [0.2, 0.25) is 5.02 Å². The summed E-state index contributed by atoms with van der Waals surface area (Å²) in [6.45, 7) is 1.90. The summed E-state index contributed by atoms with van der Waals surface area (Å²) in [5.41, 5.74) is 2.22. The van der Waals surface area contributed by atoms with Crippen molar-refractivity contribution in [1.29, 1.82) is 5.26 Å². The van der Waals surface area contributed by atoms with E-state index in [0.717, 1.165) is 10.0 Å². The molecule has 0 fully saturated rings. The number of aryl methyl sites for hydroxylation is 1. The molecule has 1 amide bonds. The number of nitriles is 1. The molecule has 2 aromatic carbocycles. The second-order valence-corrected chi connectivity index (χ2v) is 6.06. The summed E-state index contributed by atoms with van der Waals surface area (Å²) in [5.74, 6) is -0.486. The van der Waals surface area contributed by atoms with Gasteiger partial charge in [0.25, 0.3) is 5.91 Å². The van der Waals surface area contributed by atoms with Crippen LogP contribution in [0.3, 0.4) is 0 Å². The van der Waals surface area contributed by atoms with Crippen molar-refractivity contribution < 1.29 is 4.79 Å². The van der Waals surface area contributed by atoms with Gasteiger partial charge in [0.15, 0.2) is 0 Å². The summed E-state index contributed by atoms with van der Waals surface area (Å²) in [6, 6.07) is 14.4. The van der Waals surface area contributed by atoms with E-state index in [9.17, 15) is 4.79 Å². The van der Waals surface area contributed by atoms with Crippen molar-refractivity contribution in [2.24, 2.45) is 0 Å². The Labute approximate surface area is 147 Å². The number of hydrogen-bond acceptors (Lipinski definition) is 3. The smallest absolute Gasteiger partial charge is 0.267 e. The van der Waals surface area contributed by atoms with E-state index < -0.39 is 5.91 Å². The van der Waals surface area contributed by atoms with Gasteiger partial charge in [0.2, 0.25) is 0 Å². The highest BCUT2D eigenvalue weighted by molar-refractivity contribution is 9.10. The molecule has 0 atom stereocenters. The van der Waals surface area contributed by atoms with E-state index in [1.807, 2.05) is 25.1 Å². The van der Waals surface area contributed by atoms with Crippen molar-refractivity contribution in [2.45, 2.75) is 6.92 Å². The topological polar surface area (TPSA) is 64.9 Å². The standard InChI is InChI=1S/C17H13BrClN3O/c1-11-2-5-15(8-16(11)19)21-10-12(9-20)17(23)22-14-6-3-13(18)4-7-14/h2-8,10,21H,1H3,(H,22,23)/b12-10-. The minimum Gasteiger partial charge on any atom is -0.360 e. The van der Waals surface area contributed by atoms with Crippen molar-refractivity contribution in [1.82, 2.24) is 0 Å². The molecule has 0 spiro atoms. The van der Waals surface area contributed by atoms with E-state index in [2.05, 4.69) is 26.6 Å². The first-order chi connectivity index (χ1) is 11.0. The van der Waals surface area contributed by atoms with Crippen molar-refractivity contribution in [3.63, 3.8) is 0 Å². The summed E-state index contributed by atoms with van der Waals surface area (Å²) >= 11 is 9.36. The van der Waals surface area contributed by atoms with Crippen LogP contribution in [0.25, 0.3) is 0 Å². The van der Waals surface area contributed by atoms with Gasteiger partial charge in [-0.3, -0.25) is 4.79 Å². The number of rotatable bonds is 4. The van der Waals surface area contributed by atoms with Gasteiger partial charge >= 0.3 is 0 Å². The van der Waals surface area contributed by atoms with Crippen LogP contribution in [0.1, 0.15) is 5.56 Å². The number of halogens is 2. The second kappa shape index (κ2) is 7.82. The molecular weight excluding hydrogens is 378 g/mol. The zero-order valence-electron chi connectivity index (χ0n) is 12.2. The molecule has 0 bridgehead atoms. The maximum atomic E-state index is 12.1. The maximum absolute atomic E-state index is 12.1. The molecule has 0 aliphatic heterocycles. The zero-order chi connectivity index (χ0) is 16.8. The quantitative estimate of drug-likeness (QED) is 0.578. The minimum atomic E-state index is -0.486. The number of amides is 1. The Hall–Kier alpha value is -2.29. The van der Waals surface area contributed by atoms with Gasteiger partial charge in [-0.25, -0.2) is 0 Å². The summed E-state index contributed by atoms with van der Waals surface area (Å²) < 4.78 is 0.907. The first-order valence-corrected chi connectivity index (χ1v) is 7.86. The third-order valence-electron chi connectivity index (χ3n) is 3.02. The average Bonchev–Trinajstić information content (AvgIpc) is 2.53. The van der Waals surface area contributed by atoms with E-state index in [-0.39, 0.29) is 5.57 Å². The molecule has 0 unspecified atom stereocenters. The highest BCUT2D eigenvalue weighted by Crippen LogP contribution is 2.20. The van der Waals surface area contributed by atoms with Crippen LogP contribution >= 0.6 is 27.5 Å². The first-order valence-electron chi connectivity index (χ1n) is 6.69. The molecule has 0 aliphatic carbocycles. The van der Waals surface area contributed by atoms with Gasteiger partial charge in [-0.05, 0) is 48.9 Å². The van der Waals surface area contributed by atoms with Crippen LogP contribution in [-0.4, -0.2) is 5.91 Å². The van der Waals surface area contributed by atoms with Gasteiger partial charge in [-0.15, -0.1) is 0 Å². The van der Waals surface area contributed by atoms with Crippen molar-refractivity contribution in [3.05, 3.63) is 69.3 Å². The Morgan fingerprint density at radius 3 is 2.48 bits per heavy atom. The van der Waals surface area contributed by atoms with Crippen LogP contribution in [0.15, 0.2) is 58.7 Å². The molecule has 0 aromatic heterocycles. The van der Waals surface area contributed by atoms with Gasteiger partial charge < -0.3 is 10.6 Å². The molecule has 2 rings (SSSR count).